The molecule has 0 saturated carbocycles. The normalized spacial score (nSPS) is 14.3. The molecule has 5 nitrogen and oxygen atoms in total. The number of rotatable bonds is 1. The van der Waals surface area contributed by atoms with Crippen molar-refractivity contribution in [3.05, 3.63) is 59.2 Å². The molecule has 5 rings (SSSR count). The second-order valence-electron chi connectivity index (χ2n) is 6.05. The minimum atomic E-state index is -0.0653. The fourth-order valence-electron chi connectivity index (χ4n) is 3.57. The predicted molar refractivity (Wildman–Crippen MR) is 91.4 cm³/mol. The first kappa shape index (κ1) is 13.9. The molecule has 25 heavy (non-hydrogen) atoms. The molecule has 0 bridgehead atoms. The van der Waals surface area contributed by atoms with Gasteiger partial charge in [-0.2, -0.15) is 5.26 Å². The molecule has 2 aliphatic heterocycles. The van der Waals surface area contributed by atoms with Crippen LogP contribution < -0.4 is 14.8 Å². The smallest absolute Gasteiger partial charge is 0.251 e. The van der Waals surface area contributed by atoms with E-state index in [2.05, 4.69) is 11.4 Å². The topological polar surface area (TPSA) is 71.3 Å². The van der Waals surface area contributed by atoms with Crippen LogP contribution in [-0.2, 0) is 6.54 Å². The maximum atomic E-state index is 12.2. The molecule has 120 valence electrons. The first-order valence-electron chi connectivity index (χ1n) is 7.93. The van der Waals surface area contributed by atoms with Crippen molar-refractivity contribution in [3.63, 3.8) is 0 Å². The minimum absolute atomic E-state index is 0.0653. The van der Waals surface area contributed by atoms with E-state index in [1.807, 2.05) is 30.3 Å². The highest BCUT2D eigenvalue weighted by Crippen LogP contribution is 2.46. The summed E-state index contributed by atoms with van der Waals surface area (Å²) in [4.78, 5) is 12.2. The molecule has 1 amide bonds. The maximum Gasteiger partial charge on any atom is 0.251 e. The summed E-state index contributed by atoms with van der Waals surface area (Å²) in [7, 11) is 0. The first-order valence-corrected chi connectivity index (χ1v) is 7.93. The van der Waals surface area contributed by atoms with Crippen molar-refractivity contribution in [2.75, 3.05) is 6.79 Å². The highest BCUT2D eigenvalue weighted by Gasteiger charge is 2.28. The molecule has 0 saturated heterocycles. The van der Waals surface area contributed by atoms with Gasteiger partial charge in [0.15, 0.2) is 11.5 Å². The molecule has 3 aromatic rings. The Morgan fingerprint density at radius 2 is 1.92 bits per heavy atom. The van der Waals surface area contributed by atoms with E-state index in [1.54, 1.807) is 12.1 Å². The fraction of sp³-hybridized carbons (Fsp3) is 0.100. The zero-order valence-corrected chi connectivity index (χ0v) is 13.1. The van der Waals surface area contributed by atoms with Crippen LogP contribution in [0.15, 0.2) is 42.5 Å². The van der Waals surface area contributed by atoms with Crippen LogP contribution in [0.4, 0.5) is 0 Å². The van der Waals surface area contributed by atoms with Crippen molar-refractivity contribution in [1.82, 2.24) is 5.32 Å². The van der Waals surface area contributed by atoms with Gasteiger partial charge in [-0.1, -0.05) is 18.2 Å². The minimum Gasteiger partial charge on any atom is -0.454 e. The Hall–Kier alpha value is -3.52. The van der Waals surface area contributed by atoms with Gasteiger partial charge in [0.05, 0.1) is 11.6 Å². The number of nitrogens with one attached hydrogen (secondary N) is 1. The number of carbonyl (C=O) groups excluding carboxylic acids is 1. The summed E-state index contributed by atoms with van der Waals surface area (Å²) in [5, 5.41) is 13.8. The molecule has 2 aliphatic rings. The van der Waals surface area contributed by atoms with Gasteiger partial charge < -0.3 is 14.8 Å². The van der Waals surface area contributed by atoms with Gasteiger partial charge in [-0.15, -0.1) is 0 Å². The average Bonchev–Trinajstić information content (AvgIpc) is 3.27. The summed E-state index contributed by atoms with van der Waals surface area (Å²) in [6.07, 6.45) is 0. The summed E-state index contributed by atoms with van der Waals surface area (Å²) < 4.78 is 11.3. The number of benzene rings is 3. The third-order valence-electron chi connectivity index (χ3n) is 4.72. The van der Waals surface area contributed by atoms with Crippen molar-refractivity contribution in [2.45, 2.75) is 6.54 Å². The molecule has 0 spiro atoms. The van der Waals surface area contributed by atoms with Crippen molar-refractivity contribution in [2.24, 2.45) is 0 Å². The second-order valence-corrected chi connectivity index (χ2v) is 6.05. The number of ether oxygens (including phenoxy) is 2. The number of hydrogen-bond donors (Lipinski definition) is 1. The summed E-state index contributed by atoms with van der Waals surface area (Å²) in [5.41, 5.74) is 4.13. The zero-order valence-electron chi connectivity index (χ0n) is 13.1. The number of nitrogens with zero attached hydrogens (tertiary/aromatic N) is 1. The quantitative estimate of drug-likeness (QED) is 0.743. The number of hydrogen-bond acceptors (Lipinski definition) is 4. The molecule has 2 heterocycles. The van der Waals surface area contributed by atoms with Gasteiger partial charge in [0.2, 0.25) is 6.79 Å². The van der Waals surface area contributed by atoms with Crippen LogP contribution in [0.1, 0.15) is 21.5 Å². The molecular formula is C20H12N2O3. The van der Waals surface area contributed by atoms with Crippen molar-refractivity contribution in [3.8, 4) is 28.7 Å². The summed E-state index contributed by atoms with van der Waals surface area (Å²) in [6.45, 7) is 0.666. The molecule has 5 heteroatoms. The van der Waals surface area contributed by atoms with E-state index in [1.165, 1.54) is 0 Å². The van der Waals surface area contributed by atoms with Crippen LogP contribution in [-0.4, -0.2) is 12.7 Å². The number of nitriles is 1. The van der Waals surface area contributed by atoms with E-state index >= 15 is 0 Å². The molecule has 0 unspecified atom stereocenters. The van der Waals surface area contributed by atoms with Crippen molar-refractivity contribution >= 4 is 16.7 Å². The van der Waals surface area contributed by atoms with Gasteiger partial charge in [0, 0.05) is 17.5 Å². The van der Waals surface area contributed by atoms with Crippen LogP contribution >= 0.6 is 0 Å². The van der Waals surface area contributed by atoms with Crippen LogP contribution in [0.5, 0.6) is 11.5 Å². The van der Waals surface area contributed by atoms with E-state index < -0.39 is 0 Å². The zero-order chi connectivity index (χ0) is 17.0. The summed E-state index contributed by atoms with van der Waals surface area (Å²) in [6, 6.07) is 15.2. The first-order chi connectivity index (χ1) is 12.3. The Morgan fingerprint density at radius 3 is 2.72 bits per heavy atom. The van der Waals surface area contributed by atoms with E-state index in [0.717, 1.165) is 27.5 Å². The third-order valence-corrected chi connectivity index (χ3v) is 4.72. The Labute approximate surface area is 143 Å². The van der Waals surface area contributed by atoms with Gasteiger partial charge in [0.1, 0.15) is 0 Å². The van der Waals surface area contributed by atoms with E-state index in [9.17, 15) is 4.79 Å². The summed E-state index contributed by atoms with van der Waals surface area (Å²) in [5.74, 6) is 1.35. The number of amides is 1. The molecule has 0 aliphatic carbocycles. The monoisotopic (exact) mass is 328 g/mol. The van der Waals surface area contributed by atoms with Gasteiger partial charge in [-0.25, -0.2) is 0 Å². The SMILES string of the molecule is N#Cc1ccc(-c2c3c(cc4ccc5c(c24)OCO5)C(=O)NC3)cc1. The van der Waals surface area contributed by atoms with Gasteiger partial charge in [-0.3, -0.25) is 4.79 Å². The molecule has 0 fully saturated rings. The average molecular weight is 328 g/mol. The molecule has 0 atom stereocenters. The van der Waals surface area contributed by atoms with E-state index in [4.69, 9.17) is 14.7 Å². The molecule has 3 aromatic carbocycles. The number of carbonyl (C=O) groups is 1. The number of fused-ring (bicyclic) bond motifs is 4. The van der Waals surface area contributed by atoms with Crippen LogP contribution in [0.25, 0.3) is 21.9 Å². The Kier molecular flexibility index (Phi) is 2.77. The van der Waals surface area contributed by atoms with Crippen LogP contribution in [0.3, 0.4) is 0 Å². The van der Waals surface area contributed by atoms with Gasteiger partial charge in [0.25, 0.3) is 5.91 Å². The second kappa shape index (κ2) is 4.99. The van der Waals surface area contributed by atoms with Gasteiger partial charge >= 0.3 is 0 Å². The maximum absolute atomic E-state index is 12.2. The summed E-state index contributed by atoms with van der Waals surface area (Å²) >= 11 is 0. The third kappa shape index (κ3) is 1.91. The van der Waals surface area contributed by atoms with Crippen molar-refractivity contribution < 1.29 is 14.3 Å². The molecule has 0 aromatic heterocycles. The predicted octanol–water partition coefficient (Wildman–Crippen LogP) is 3.35. The van der Waals surface area contributed by atoms with Crippen LogP contribution in [0, 0.1) is 11.3 Å². The lowest BCUT2D eigenvalue weighted by Gasteiger charge is -2.14. The standard InChI is InChI=1S/C20H12N2O3/c21-8-11-1-3-12(4-2-11)17-15-9-22-20(23)14(15)7-13-5-6-16-19(18(13)17)25-10-24-16/h1-7H,9-10H2,(H,22,23). The van der Waals surface area contributed by atoms with E-state index in [-0.39, 0.29) is 12.7 Å². The molecular weight excluding hydrogens is 316 g/mol. The lowest BCUT2D eigenvalue weighted by atomic mass is 9.90. The van der Waals surface area contributed by atoms with E-state index in [0.29, 0.717) is 29.2 Å². The Balaban J connectivity index is 1.90. The Morgan fingerprint density at radius 1 is 1.08 bits per heavy atom. The largest absolute Gasteiger partial charge is 0.454 e. The molecule has 1 N–H and O–H groups in total. The highest BCUT2D eigenvalue weighted by atomic mass is 16.7. The van der Waals surface area contributed by atoms with Gasteiger partial charge in [-0.05, 0) is 46.3 Å². The fourth-order valence-corrected chi connectivity index (χ4v) is 3.57. The lowest BCUT2D eigenvalue weighted by molar-refractivity contribution is 0.0966. The lowest BCUT2D eigenvalue weighted by Crippen LogP contribution is -2.12. The Bertz CT molecular complexity index is 1090. The van der Waals surface area contributed by atoms with Crippen LogP contribution in [0.2, 0.25) is 0 Å². The highest BCUT2D eigenvalue weighted by molar-refractivity contribution is 6.11. The van der Waals surface area contributed by atoms with Crippen molar-refractivity contribution in [1.29, 1.82) is 5.26 Å². The molecule has 0 radical (unpaired) electrons.